The number of sulfonamides is 1. The third-order valence-electron chi connectivity index (χ3n) is 11.4. The Bertz CT molecular complexity index is 2040. The molecule has 15 nitrogen and oxygen atoms in total. The van der Waals surface area contributed by atoms with Crippen molar-refractivity contribution in [3.63, 3.8) is 0 Å². The van der Waals surface area contributed by atoms with Gasteiger partial charge in [-0.05, 0) is 94.7 Å². The van der Waals surface area contributed by atoms with Crippen LogP contribution in [-0.4, -0.2) is 104 Å². The van der Waals surface area contributed by atoms with E-state index in [0.29, 0.717) is 29.7 Å². The molecular weight excluding hydrogens is 762 g/mol. The molecule has 2 saturated carbocycles. The number of rotatable bonds is 9. The minimum Gasteiger partial charge on any atom is -0.493 e. The van der Waals surface area contributed by atoms with E-state index in [9.17, 15) is 32.0 Å². The summed E-state index contributed by atoms with van der Waals surface area (Å²) < 4.78 is 63.7. The van der Waals surface area contributed by atoms with Crippen molar-refractivity contribution in [3.05, 3.63) is 36.5 Å². The van der Waals surface area contributed by atoms with Crippen molar-refractivity contribution >= 4 is 44.6 Å². The number of amides is 4. The number of halogens is 1. The third kappa shape index (κ3) is 8.77. The smallest absolute Gasteiger partial charge is 0.408 e. The van der Waals surface area contributed by atoms with Crippen molar-refractivity contribution in [1.82, 2.24) is 25.2 Å². The predicted molar refractivity (Wildman–Crippen MR) is 208 cm³/mol. The summed E-state index contributed by atoms with van der Waals surface area (Å²) >= 11 is 0. The first-order valence-corrected chi connectivity index (χ1v) is 20.9. The van der Waals surface area contributed by atoms with Crippen LogP contribution in [0, 0.1) is 17.8 Å². The molecule has 0 radical (unpaired) electrons. The summed E-state index contributed by atoms with van der Waals surface area (Å²) in [5, 5.41) is 6.93. The van der Waals surface area contributed by atoms with Gasteiger partial charge in [-0.3, -0.25) is 19.1 Å². The van der Waals surface area contributed by atoms with Crippen molar-refractivity contribution in [1.29, 1.82) is 0 Å². The highest BCUT2D eigenvalue weighted by atomic mass is 32.2. The minimum atomic E-state index is -4.40. The molecule has 0 spiro atoms. The predicted octanol–water partition coefficient (Wildman–Crippen LogP) is 4.33. The molecule has 4 amide bonds. The van der Waals surface area contributed by atoms with E-state index in [0.717, 1.165) is 11.8 Å². The van der Waals surface area contributed by atoms with Crippen molar-refractivity contribution in [2.24, 2.45) is 17.8 Å². The Kier molecular flexibility index (Phi) is 11.7. The second-order valence-corrected chi connectivity index (χ2v) is 19.1. The standard InChI is InChI=1S/C40H54FN5O10S/c1-23-10-8-9-11-26-20-40(26,36(49)45-57(51,52)39(22-41)13-14-39)44-33(47)29-18-27(55-34-28-19-31(54-7)30(53-6)17-25(28)12-15-42-34)21-46(29)35(48)32(24(2)16-23)43-37(50)56-38(3,4)5/h9,11-12,15,17,19,23-24,26-27,29,32H,8,10,13-14,16,18,20-22H2,1-7H3,(H,43,50)(H,44,47)(H,45,49)/b11-9-/t23-,24-,26-,27-,29+,32+,40-/m1/s1. The number of allylic oxidation sites excluding steroid dienone is 1. The molecule has 57 heavy (non-hydrogen) atoms. The number of carbonyl (C=O) groups excluding carboxylic acids is 4. The summed E-state index contributed by atoms with van der Waals surface area (Å²) in [4.78, 5) is 62.3. The Morgan fingerprint density at radius 1 is 1.09 bits per heavy atom. The zero-order valence-electron chi connectivity index (χ0n) is 33.6. The van der Waals surface area contributed by atoms with Gasteiger partial charge in [-0.15, -0.1) is 0 Å². The molecule has 3 N–H and O–H groups in total. The number of fused-ring (bicyclic) bond motifs is 3. The number of alkyl carbamates (subject to hydrolysis) is 1. The lowest BCUT2D eigenvalue weighted by Gasteiger charge is -2.33. The van der Waals surface area contributed by atoms with Crippen LogP contribution in [0.3, 0.4) is 0 Å². The van der Waals surface area contributed by atoms with Gasteiger partial charge in [0.1, 0.15) is 40.7 Å². The molecule has 2 aromatic rings. The Morgan fingerprint density at radius 2 is 1.79 bits per heavy atom. The summed E-state index contributed by atoms with van der Waals surface area (Å²) in [5.74, 6) is -1.91. The zero-order chi connectivity index (χ0) is 41.5. The highest BCUT2D eigenvalue weighted by molar-refractivity contribution is 7.91. The molecule has 2 aliphatic carbocycles. The molecule has 1 aromatic carbocycles. The number of nitrogens with one attached hydrogen (secondary N) is 3. The zero-order valence-corrected chi connectivity index (χ0v) is 34.4. The number of aromatic nitrogens is 1. The monoisotopic (exact) mass is 815 g/mol. The van der Waals surface area contributed by atoms with Crippen LogP contribution in [0.4, 0.5) is 9.18 Å². The van der Waals surface area contributed by atoms with Crippen LogP contribution in [0.1, 0.15) is 79.6 Å². The average Bonchev–Trinajstić information content (AvgIpc) is 4.05. The highest BCUT2D eigenvalue weighted by Gasteiger charge is 2.64. The average molecular weight is 816 g/mol. The van der Waals surface area contributed by atoms with Gasteiger partial charge in [-0.2, -0.15) is 0 Å². The maximum atomic E-state index is 14.8. The number of benzene rings is 1. The van der Waals surface area contributed by atoms with Gasteiger partial charge in [-0.1, -0.05) is 26.0 Å². The molecule has 312 valence electrons. The van der Waals surface area contributed by atoms with Gasteiger partial charge in [-0.25, -0.2) is 22.6 Å². The van der Waals surface area contributed by atoms with Crippen LogP contribution in [0.2, 0.25) is 0 Å². The minimum absolute atomic E-state index is 0.0334. The van der Waals surface area contributed by atoms with Gasteiger partial charge < -0.3 is 34.5 Å². The highest BCUT2D eigenvalue weighted by Crippen LogP contribution is 2.48. The largest absolute Gasteiger partial charge is 0.493 e. The normalized spacial score (nSPS) is 29.4. The SMILES string of the molecule is COc1cc2ccnc(O[C@@H]3C[C@H]4C(=O)N[C@]5(C(=O)NS(=O)(=O)C6(CF)CC6)C[C@H]5/C=C\CC[C@@H](C)C[C@@H](C)[C@H](NC(=O)OC(C)(C)C)C(=O)N4C3)c2cc1OC. The molecule has 1 saturated heterocycles. The number of nitrogens with zero attached hydrogens (tertiary/aromatic N) is 2. The molecule has 3 heterocycles. The summed E-state index contributed by atoms with van der Waals surface area (Å²) in [7, 11) is -1.37. The van der Waals surface area contributed by atoms with E-state index in [2.05, 4.69) is 20.3 Å². The van der Waals surface area contributed by atoms with Crippen LogP contribution in [0.5, 0.6) is 17.4 Å². The van der Waals surface area contributed by atoms with E-state index in [1.165, 1.54) is 19.1 Å². The van der Waals surface area contributed by atoms with Crippen LogP contribution in [0.25, 0.3) is 10.8 Å². The van der Waals surface area contributed by atoms with E-state index >= 15 is 0 Å². The van der Waals surface area contributed by atoms with Crippen LogP contribution in [0.15, 0.2) is 36.5 Å². The number of alkyl halides is 1. The maximum Gasteiger partial charge on any atom is 0.408 e. The fraction of sp³-hybridized carbons (Fsp3) is 0.625. The summed E-state index contributed by atoms with van der Waals surface area (Å²) in [6.07, 6.45) is 5.80. The number of hydrogen-bond acceptors (Lipinski definition) is 11. The molecular formula is C40H54FN5O10S. The summed E-state index contributed by atoms with van der Waals surface area (Å²) in [6, 6.07) is 2.96. The number of pyridine rings is 1. The van der Waals surface area contributed by atoms with Gasteiger partial charge in [0, 0.05) is 23.9 Å². The van der Waals surface area contributed by atoms with Gasteiger partial charge in [0.2, 0.25) is 27.7 Å². The van der Waals surface area contributed by atoms with E-state index in [4.69, 9.17) is 18.9 Å². The van der Waals surface area contributed by atoms with Gasteiger partial charge in [0.15, 0.2) is 11.5 Å². The third-order valence-corrected chi connectivity index (χ3v) is 13.6. The number of ether oxygens (including phenoxy) is 4. The molecule has 0 bridgehead atoms. The molecule has 4 aliphatic rings. The van der Waals surface area contributed by atoms with E-state index in [-0.39, 0.29) is 49.9 Å². The van der Waals surface area contributed by atoms with E-state index in [1.54, 1.807) is 51.2 Å². The Labute approximate surface area is 332 Å². The first kappa shape index (κ1) is 41.9. The van der Waals surface area contributed by atoms with Gasteiger partial charge >= 0.3 is 6.09 Å². The summed E-state index contributed by atoms with van der Waals surface area (Å²) in [6.45, 7) is 7.82. The van der Waals surface area contributed by atoms with Crippen molar-refractivity contribution in [3.8, 4) is 17.4 Å². The molecule has 7 atom stereocenters. The lowest BCUT2D eigenvalue weighted by Crippen LogP contribution is -2.59. The lowest BCUT2D eigenvalue weighted by molar-refractivity contribution is -0.142. The lowest BCUT2D eigenvalue weighted by atomic mass is 9.88. The quantitative estimate of drug-likeness (QED) is 0.306. The molecule has 1 aromatic heterocycles. The van der Waals surface area contributed by atoms with E-state index in [1.807, 2.05) is 19.9 Å². The van der Waals surface area contributed by atoms with Crippen LogP contribution < -0.4 is 29.6 Å². The van der Waals surface area contributed by atoms with Crippen molar-refractivity contribution in [2.45, 2.75) is 114 Å². The molecule has 6 rings (SSSR count). The Hall–Kier alpha value is -4.67. The van der Waals surface area contributed by atoms with Crippen LogP contribution >= 0.6 is 0 Å². The molecule has 17 heteroatoms. The maximum absolute atomic E-state index is 14.8. The first-order valence-electron chi connectivity index (χ1n) is 19.4. The molecule has 2 aliphatic heterocycles. The number of hydrogen-bond donors (Lipinski definition) is 3. The second-order valence-electron chi connectivity index (χ2n) is 17.0. The fourth-order valence-corrected chi connectivity index (χ4v) is 9.34. The number of carbonyl (C=O) groups is 4. The van der Waals surface area contributed by atoms with Crippen molar-refractivity contribution < 1.29 is 50.9 Å². The van der Waals surface area contributed by atoms with Crippen molar-refractivity contribution in [2.75, 3.05) is 27.4 Å². The van der Waals surface area contributed by atoms with Gasteiger partial charge in [0.25, 0.3) is 5.91 Å². The van der Waals surface area contributed by atoms with Crippen LogP contribution in [-0.2, 0) is 29.1 Å². The topological polar surface area (TPSA) is 192 Å². The van der Waals surface area contributed by atoms with Gasteiger partial charge in [0.05, 0.1) is 20.8 Å². The molecule has 3 fully saturated rings. The molecule has 0 unspecified atom stereocenters. The fourth-order valence-electron chi connectivity index (χ4n) is 7.91. The second kappa shape index (κ2) is 15.9. The Balaban J connectivity index is 1.36. The first-order chi connectivity index (χ1) is 26.9. The number of methoxy groups -OCH3 is 2. The summed E-state index contributed by atoms with van der Waals surface area (Å²) in [5.41, 5.74) is -2.52. The Morgan fingerprint density at radius 3 is 2.44 bits per heavy atom. The van der Waals surface area contributed by atoms with E-state index < -0.39 is 80.5 Å².